The maximum atomic E-state index is 10.6. The molecule has 0 bridgehead atoms. The molecular formula is C19H20O8. The summed E-state index contributed by atoms with van der Waals surface area (Å²) in [6, 6.07) is 7.85. The number of phenols is 1. The van der Waals surface area contributed by atoms with Gasteiger partial charge in [0.1, 0.15) is 23.4 Å². The summed E-state index contributed by atoms with van der Waals surface area (Å²) in [6.45, 7) is -0.567. The van der Waals surface area contributed by atoms with Crippen molar-refractivity contribution in [3.63, 3.8) is 0 Å². The lowest BCUT2D eigenvalue weighted by molar-refractivity contribution is -0.139. The van der Waals surface area contributed by atoms with Gasteiger partial charge in [0.15, 0.2) is 18.1 Å². The van der Waals surface area contributed by atoms with E-state index in [1.165, 1.54) is 26.4 Å². The highest BCUT2D eigenvalue weighted by Gasteiger charge is 2.33. The fourth-order valence-electron chi connectivity index (χ4n) is 3.00. The summed E-state index contributed by atoms with van der Waals surface area (Å²) < 4.78 is 21.5. The van der Waals surface area contributed by atoms with E-state index in [-0.39, 0.29) is 11.5 Å². The predicted molar refractivity (Wildman–Crippen MR) is 93.9 cm³/mol. The Morgan fingerprint density at radius 3 is 2.59 bits per heavy atom. The van der Waals surface area contributed by atoms with Crippen molar-refractivity contribution < 1.29 is 39.1 Å². The topological polar surface area (TPSA) is 115 Å². The van der Waals surface area contributed by atoms with Crippen LogP contribution < -0.4 is 18.9 Å². The van der Waals surface area contributed by atoms with Gasteiger partial charge in [-0.1, -0.05) is 6.07 Å². The maximum absolute atomic E-state index is 10.6. The van der Waals surface area contributed by atoms with Crippen LogP contribution >= 0.6 is 0 Å². The number of carboxylic acid groups (broad SMARTS) is 1. The second kappa shape index (κ2) is 7.63. The Morgan fingerprint density at radius 2 is 1.96 bits per heavy atom. The molecule has 0 amide bonds. The first-order chi connectivity index (χ1) is 12.9. The molecule has 0 spiro atoms. The number of aliphatic hydroxyl groups is 1. The number of hydrogen-bond donors (Lipinski definition) is 3. The molecule has 2 atom stereocenters. The minimum absolute atomic E-state index is 0.0372. The number of benzene rings is 2. The average Bonchev–Trinajstić information content (AvgIpc) is 2.65. The Hall–Kier alpha value is -3.13. The summed E-state index contributed by atoms with van der Waals surface area (Å²) in [7, 11) is 3.06. The number of carboxylic acids is 1. The van der Waals surface area contributed by atoms with Gasteiger partial charge in [0.25, 0.3) is 0 Å². The molecule has 0 fully saturated rings. The highest BCUT2D eigenvalue weighted by molar-refractivity contribution is 5.68. The Balaban J connectivity index is 1.88. The first-order valence-electron chi connectivity index (χ1n) is 8.20. The summed E-state index contributed by atoms with van der Waals surface area (Å²) in [6.07, 6.45) is -1.30. The Morgan fingerprint density at radius 1 is 1.19 bits per heavy atom. The molecule has 1 aliphatic rings. The van der Waals surface area contributed by atoms with Crippen LogP contribution in [0.4, 0.5) is 0 Å². The SMILES string of the molecule is COc1cc(OC)c2c(c1)OC(c1ccc(OCC(=O)O)c(O)c1)C(O)C2. The van der Waals surface area contributed by atoms with Gasteiger partial charge in [-0.05, 0) is 17.7 Å². The molecule has 8 heteroatoms. The fourth-order valence-corrected chi connectivity index (χ4v) is 3.00. The number of hydrogen-bond acceptors (Lipinski definition) is 7. The van der Waals surface area contributed by atoms with Crippen LogP contribution in [0, 0.1) is 0 Å². The van der Waals surface area contributed by atoms with E-state index in [2.05, 4.69) is 0 Å². The van der Waals surface area contributed by atoms with Gasteiger partial charge in [-0.3, -0.25) is 0 Å². The van der Waals surface area contributed by atoms with Gasteiger partial charge in [-0.15, -0.1) is 0 Å². The van der Waals surface area contributed by atoms with Crippen LogP contribution in [0.25, 0.3) is 0 Å². The number of phenolic OH excluding ortho intramolecular Hbond substituents is 1. The molecule has 0 aromatic heterocycles. The Kier molecular flexibility index (Phi) is 5.27. The monoisotopic (exact) mass is 376 g/mol. The molecular weight excluding hydrogens is 356 g/mol. The molecule has 3 rings (SSSR count). The van der Waals surface area contributed by atoms with Gasteiger partial charge < -0.3 is 34.3 Å². The summed E-state index contributed by atoms with van der Waals surface area (Å²) >= 11 is 0. The molecule has 1 heterocycles. The van der Waals surface area contributed by atoms with E-state index in [9.17, 15) is 15.0 Å². The smallest absolute Gasteiger partial charge is 0.341 e. The minimum Gasteiger partial charge on any atom is -0.504 e. The van der Waals surface area contributed by atoms with E-state index < -0.39 is 24.8 Å². The number of fused-ring (bicyclic) bond motifs is 1. The normalized spacial score (nSPS) is 18.2. The van der Waals surface area contributed by atoms with Gasteiger partial charge >= 0.3 is 5.97 Å². The molecule has 8 nitrogen and oxygen atoms in total. The lowest BCUT2D eigenvalue weighted by atomic mass is 9.94. The van der Waals surface area contributed by atoms with Crippen LogP contribution in [0.15, 0.2) is 30.3 Å². The summed E-state index contributed by atoms with van der Waals surface area (Å²) in [5, 5.41) is 29.3. The average molecular weight is 376 g/mol. The highest BCUT2D eigenvalue weighted by atomic mass is 16.5. The zero-order valence-electron chi connectivity index (χ0n) is 14.8. The number of aliphatic carboxylic acids is 1. The third kappa shape index (κ3) is 3.85. The van der Waals surface area contributed by atoms with Gasteiger partial charge in [-0.25, -0.2) is 4.79 Å². The van der Waals surface area contributed by atoms with Gasteiger partial charge in [0.2, 0.25) is 0 Å². The van der Waals surface area contributed by atoms with Crippen LogP contribution in [-0.2, 0) is 11.2 Å². The Labute approximate surface area is 155 Å². The van der Waals surface area contributed by atoms with E-state index in [0.717, 1.165) is 5.56 Å². The lowest BCUT2D eigenvalue weighted by Gasteiger charge is -2.32. The molecule has 27 heavy (non-hydrogen) atoms. The van der Waals surface area contributed by atoms with Crippen molar-refractivity contribution in [2.24, 2.45) is 0 Å². The summed E-state index contributed by atoms with van der Waals surface area (Å²) in [5.74, 6) is 0.285. The van der Waals surface area contributed by atoms with Gasteiger partial charge in [0, 0.05) is 24.1 Å². The van der Waals surface area contributed by atoms with Gasteiger partial charge in [0.05, 0.1) is 20.3 Å². The number of carbonyl (C=O) groups is 1. The van der Waals surface area contributed by atoms with Crippen molar-refractivity contribution in [3.8, 4) is 28.7 Å². The molecule has 2 aromatic carbocycles. The molecule has 2 unspecified atom stereocenters. The maximum Gasteiger partial charge on any atom is 0.341 e. The molecule has 144 valence electrons. The molecule has 0 aliphatic carbocycles. The van der Waals surface area contributed by atoms with Crippen LogP contribution in [-0.4, -0.2) is 48.2 Å². The van der Waals surface area contributed by atoms with Crippen molar-refractivity contribution in [3.05, 3.63) is 41.5 Å². The summed E-state index contributed by atoms with van der Waals surface area (Å²) in [5.41, 5.74) is 1.25. The molecule has 0 radical (unpaired) electrons. The number of aromatic hydroxyl groups is 1. The van der Waals surface area contributed by atoms with Crippen molar-refractivity contribution in [1.82, 2.24) is 0 Å². The van der Waals surface area contributed by atoms with E-state index in [1.807, 2.05) is 0 Å². The largest absolute Gasteiger partial charge is 0.504 e. The van der Waals surface area contributed by atoms with Crippen molar-refractivity contribution in [1.29, 1.82) is 0 Å². The third-order valence-corrected chi connectivity index (χ3v) is 4.28. The number of rotatable bonds is 6. The second-order valence-electron chi connectivity index (χ2n) is 6.03. The van der Waals surface area contributed by atoms with E-state index in [0.29, 0.717) is 29.2 Å². The fraction of sp³-hybridized carbons (Fsp3) is 0.316. The predicted octanol–water partition coefficient (Wildman–Crippen LogP) is 1.91. The zero-order valence-corrected chi connectivity index (χ0v) is 14.8. The van der Waals surface area contributed by atoms with Gasteiger partial charge in [-0.2, -0.15) is 0 Å². The number of ether oxygens (including phenoxy) is 4. The Bertz CT molecular complexity index is 848. The molecule has 0 saturated carbocycles. The second-order valence-corrected chi connectivity index (χ2v) is 6.03. The lowest BCUT2D eigenvalue weighted by Crippen LogP contribution is -2.30. The molecule has 3 N–H and O–H groups in total. The van der Waals surface area contributed by atoms with Crippen molar-refractivity contribution in [2.75, 3.05) is 20.8 Å². The highest BCUT2D eigenvalue weighted by Crippen LogP contribution is 2.43. The first-order valence-corrected chi connectivity index (χ1v) is 8.20. The third-order valence-electron chi connectivity index (χ3n) is 4.28. The van der Waals surface area contributed by atoms with Crippen molar-refractivity contribution >= 4 is 5.97 Å². The molecule has 0 saturated heterocycles. The van der Waals surface area contributed by atoms with Crippen molar-refractivity contribution in [2.45, 2.75) is 18.6 Å². The van der Waals surface area contributed by atoms with Crippen LogP contribution in [0.2, 0.25) is 0 Å². The molecule has 2 aromatic rings. The summed E-state index contributed by atoms with van der Waals surface area (Å²) in [4.78, 5) is 10.6. The van der Waals surface area contributed by atoms with Crippen LogP contribution in [0.5, 0.6) is 28.7 Å². The van der Waals surface area contributed by atoms with E-state index in [1.54, 1.807) is 18.2 Å². The minimum atomic E-state index is -1.15. The van der Waals surface area contributed by atoms with E-state index in [4.69, 9.17) is 24.1 Å². The van der Waals surface area contributed by atoms with Crippen LogP contribution in [0.3, 0.4) is 0 Å². The zero-order chi connectivity index (χ0) is 19.6. The number of aliphatic hydroxyl groups excluding tert-OH is 1. The first kappa shape index (κ1) is 18.7. The molecule has 1 aliphatic heterocycles. The standard InChI is InChI=1S/C19H20O8/c1-24-11-6-16(25-2)12-8-14(21)19(27-17(12)7-11)10-3-4-15(13(20)5-10)26-9-18(22)23/h3-7,14,19-21H,8-9H2,1-2H3,(H,22,23). The quantitative estimate of drug-likeness (QED) is 0.700. The van der Waals surface area contributed by atoms with E-state index >= 15 is 0 Å². The number of methoxy groups -OCH3 is 2. The van der Waals surface area contributed by atoms with Crippen LogP contribution in [0.1, 0.15) is 17.2 Å².